The van der Waals surface area contributed by atoms with Gasteiger partial charge in [-0.25, -0.2) is 8.42 Å². The number of carbonyl (C=O) groups is 1. The summed E-state index contributed by atoms with van der Waals surface area (Å²) in [4.78, 5) is 19.6. The first-order valence-electron chi connectivity index (χ1n) is 10.6. The van der Waals surface area contributed by atoms with E-state index in [1.807, 2.05) is 48.5 Å². The number of para-hydroxylation sites is 1. The zero-order valence-corrected chi connectivity index (χ0v) is 18.0. The molecular formula is C23H29N3O3S. The minimum absolute atomic E-state index is 0.0223. The van der Waals surface area contributed by atoms with Crippen molar-refractivity contribution >= 4 is 21.4 Å². The monoisotopic (exact) mass is 427 g/mol. The molecule has 0 aromatic heterocycles. The first-order chi connectivity index (χ1) is 14.5. The second kappa shape index (κ2) is 9.18. The molecule has 2 heterocycles. The fraction of sp³-hybridized carbons (Fsp3) is 0.435. The maximum absolute atomic E-state index is 13.2. The van der Waals surface area contributed by atoms with E-state index in [0.717, 1.165) is 31.7 Å². The first kappa shape index (κ1) is 20.9. The molecule has 2 aromatic carbocycles. The molecule has 2 aromatic rings. The van der Waals surface area contributed by atoms with Crippen LogP contribution in [0, 0.1) is 0 Å². The van der Waals surface area contributed by atoms with Crippen molar-refractivity contribution in [1.29, 1.82) is 0 Å². The third-order valence-corrected chi connectivity index (χ3v) is 7.77. The van der Waals surface area contributed by atoms with E-state index >= 15 is 0 Å². The number of hydrogen-bond donors (Lipinski definition) is 0. The zero-order valence-electron chi connectivity index (χ0n) is 17.2. The van der Waals surface area contributed by atoms with E-state index in [9.17, 15) is 13.2 Å². The third kappa shape index (κ3) is 5.21. The van der Waals surface area contributed by atoms with Crippen molar-refractivity contribution in [3.05, 3.63) is 66.2 Å². The Kier molecular flexibility index (Phi) is 6.39. The topological polar surface area (TPSA) is 60.9 Å². The number of nitrogens with zero attached hydrogens (tertiary/aromatic N) is 3. The van der Waals surface area contributed by atoms with Crippen LogP contribution in [0.25, 0.3) is 0 Å². The van der Waals surface area contributed by atoms with Gasteiger partial charge in [-0.15, -0.1) is 0 Å². The van der Waals surface area contributed by atoms with Gasteiger partial charge in [0.1, 0.15) is 0 Å². The Hall–Kier alpha value is -2.38. The highest BCUT2D eigenvalue weighted by Gasteiger charge is 2.35. The van der Waals surface area contributed by atoms with Crippen LogP contribution in [-0.2, 0) is 21.2 Å². The predicted octanol–water partition coefficient (Wildman–Crippen LogP) is 2.02. The Morgan fingerprint density at radius 1 is 0.933 bits per heavy atom. The molecule has 2 saturated heterocycles. The molecule has 0 bridgehead atoms. The Balaban J connectivity index is 1.39. The number of sulfone groups is 1. The van der Waals surface area contributed by atoms with Crippen LogP contribution in [-0.4, -0.2) is 74.4 Å². The van der Waals surface area contributed by atoms with Crippen LogP contribution in [0.1, 0.15) is 12.0 Å². The molecule has 0 radical (unpaired) electrons. The van der Waals surface area contributed by atoms with Gasteiger partial charge in [0, 0.05) is 44.5 Å². The summed E-state index contributed by atoms with van der Waals surface area (Å²) in [6, 6.07) is 19.9. The third-order valence-electron chi connectivity index (χ3n) is 6.02. The summed E-state index contributed by atoms with van der Waals surface area (Å²) in [6.07, 6.45) is 0.530. The Bertz CT molecular complexity index is 942. The van der Waals surface area contributed by atoms with Gasteiger partial charge in [0.25, 0.3) is 0 Å². The molecule has 0 aliphatic carbocycles. The number of benzene rings is 2. The number of hydrogen-bond acceptors (Lipinski definition) is 5. The summed E-state index contributed by atoms with van der Waals surface area (Å²) >= 11 is 0. The highest BCUT2D eigenvalue weighted by atomic mass is 32.2. The molecule has 7 heteroatoms. The van der Waals surface area contributed by atoms with Gasteiger partial charge in [-0.1, -0.05) is 48.5 Å². The van der Waals surface area contributed by atoms with Crippen LogP contribution in [0.15, 0.2) is 60.7 Å². The molecule has 2 aliphatic heterocycles. The molecule has 2 fully saturated rings. The first-order valence-corrected chi connectivity index (χ1v) is 12.4. The standard InChI is InChI=1S/C23H29N3O3S/c27-23(18-24-12-14-25(15-13-24)21-9-5-2-6-10-21)26(17-20-7-3-1-4-8-20)22-11-16-30(28,29)19-22/h1-10,22H,11-19H2/t22-/m0/s1. The predicted molar refractivity (Wildman–Crippen MR) is 119 cm³/mol. The van der Waals surface area contributed by atoms with Crippen molar-refractivity contribution in [3.63, 3.8) is 0 Å². The van der Waals surface area contributed by atoms with Crippen LogP contribution in [0.4, 0.5) is 5.69 Å². The van der Waals surface area contributed by atoms with Gasteiger partial charge in [0.05, 0.1) is 18.1 Å². The normalized spacial score (nSPS) is 21.5. The summed E-state index contributed by atoms with van der Waals surface area (Å²) in [5.74, 6) is 0.272. The van der Waals surface area contributed by atoms with Gasteiger partial charge in [-0.05, 0) is 24.1 Å². The molecule has 160 valence electrons. The van der Waals surface area contributed by atoms with Gasteiger partial charge in [0.15, 0.2) is 9.84 Å². The van der Waals surface area contributed by atoms with Crippen LogP contribution in [0.5, 0.6) is 0 Å². The van der Waals surface area contributed by atoms with Gasteiger partial charge in [-0.2, -0.15) is 0 Å². The second-order valence-electron chi connectivity index (χ2n) is 8.16. The molecule has 6 nitrogen and oxygen atoms in total. The SMILES string of the molecule is O=C(CN1CCN(c2ccccc2)CC1)N(Cc1ccccc1)[C@H]1CCS(=O)(=O)C1. The van der Waals surface area contributed by atoms with Crippen molar-refractivity contribution in [2.75, 3.05) is 49.1 Å². The van der Waals surface area contributed by atoms with E-state index in [1.165, 1.54) is 5.69 Å². The summed E-state index contributed by atoms with van der Waals surface area (Å²) in [5, 5.41) is 0. The molecule has 0 spiro atoms. The van der Waals surface area contributed by atoms with Gasteiger partial charge in [0.2, 0.25) is 5.91 Å². The highest BCUT2D eigenvalue weighted by Crippen LogP contribution is 2.21. The minimum Gasteiger partial charge on any atom is -0.369 e. The van der Waals surface area contributed by atoms with Crippen molar-refractivity contribution in [1.82, 2.24) is 9.80 Å². The molecular weight excluding hydrogens is 398 g/mol. The molecule has 2 aliphatic rings. The summed E-state index contributed by atoms with van der Waals surface area (Å²) in [6.45, 7) is 4.21. The lowest BCUT2D eigenvalue weighted by atomic mass is 10.1. The molecule has 0 saturated carbocycles. The van der Waals surface area contributed by atoms with Crippen molar-refractivity contribution < 1.29 is 13.2 Å². The quantitative estimate of drug-likeness (QED) is 0.706. The van der Waals surface area contributed by atoms with E-state index in [0.29, 0.717) is 19.5 Å². The van der Waals surface area contributed by atoms with E-state index < -0.39 is 9.84 Å². The van der Waals surface area contributed by atoms with Crippen molar-refractivity contribution in [2.24, 2.45) is 0 Å². The summed E-state index contributed by atoms with van der Waals surface area (Å²) < 4.78 is 24.1. The van der Waals surface area contributed by atoms with E-state index in [1.54, 1.807) is 4.90 Å². The molecule has 1 atom stereocenters. The van der Waals surface area contributed by atoms with Crippen LogP contribution in [0.2, 0.25) is 0 Å². The molecule has 1 amide bonds. The number of anilines is 1. The smallest absolute Gasteiger partial charge is 0.237 e. The van der Waals surface area contributed by atoms with Crippen LogP contribution >= 0.6 is 0 Å². The molecule has 4 rings (SSSR count). The van der Waals surface area contributed by atoms with Crippen LogP contribution in [0.3, 0.4) is 0 Å². The zero-order chi connectivity index (χ0) is 21.0. The maximum Gasteiger partial charge on any atom is 0.237 e. The number of carbonyl (C=O) groups excluding carboxylic acids is 1. The Labute approximate surface area is 179 Å². The second-order valence-corrected chi connectivity index (χ2v) is 10.4. The number of amides is 1. The lowest BCUT2D eigenvalue weighted by Crippen LogP contribution is -2.51. The Morgan fingerprint density at radius 3 is 2.17 bits per heavy atom. The van der Waals surface area contributed by atoms with Gasteiger partial charge >= 0.3 is 0 Å². The largest absolute Gasteiger partial charge is 0.369 e. The van der Waals surface area contributed by atoms with Crippen LogP contribution < -0.4 is 4.90 Å². The maximum atomic E-state index is 13.2. The summed E-state index contributed by atoms with van der Waals surface area (Å²) in [7, 11) is -3.05. The Morgan fingerprint density at radius 2 is 1.57 bits per heavy atom. The van der Waals surface area contributed by atoms with Gasteiger partial charge < -0.3 is 9.80 Å². The van der Waals surface area contributed by atoms with E-state index in [4.69, 9.17) is 0 Å². The van der Waals surface area contributed by atoms with Crippen molar-refractivity contribution in [3.8, 4) is 0 Å². The highest BCUT2D eigenvalue weighted by molar-refractivity contribution is 7.91. The number of rotatable bonds is 6. The minimum atomic E-state index is -3.05. The van der Waals surface area contributed by atoms with Gasteiger partial charge in [-0.3, -0.25) is 9.69 Å². The molecule has 0 N–H and O–H groups in total. The molecule has 0 unspecified atom stereocenters. The molecule has 30 heavy (non-hydrogen) atoms. The lowest BCUT2D eigenvalue weighted by Gasteiger charge is -2.37. The fourth-order valence-electron chi connectivity index (χ4n) is 4.31. The lowest BCUT2D eigenvalue weighted by molar-refractivity contribution is -0.135. The summed E-state index contributed by atoms with van der Waals surface area (Å²) in [5.41, 5.74) is 2.24. The average Bonchev–Trinajstić information content (AvgIpc) is 3.13. The fourth-order valence-corrected chi connectivity index (χ4v) is 6.04. The van der Waals surface area contributed by atoms with E-state index in [-0.39, 0.29) is 23.5 Å². The van der Waals surface area contributed by atoms with Crippen molar-refractivity contribution in [2.45, 2.75) is 19.0 Å². The van der Waals surface area contributed by atoms with E-state index in [2.05, 4.69) is 21.9 Å². The number of piperazine rings is 1. The average molecular weight is 428 g/mol.